The van der Waals surface area contributed by atoms with Crippen LogP contribution in [0.3, 0.4) is 0 Å². The van der Waals surface area contributed by atoms with E-state index in [1.54, 1.807) is 11.3 Å². The fourth-order valence-corrected chi connectivity index (χ4v) is 3.10. The second-order valence-corrected chi connectivity index (χ2v) is 7.69. The molecule has 0 atom stereocenters. The molecule has 0 unspecified atom stereocenters. The monoisotopic (exact) mass is 311 g/mol. The number of aromatic nitrogens is 1. The quantitative estimate of drug-likeness (QED) is 0.877. The second kappa shape index (κ2) is 6.32. The van der Waals surface area contributed by atoms with Gasteiger partial charge >= 0.3 is 6.09 Å². The van der Waals surface area contributed by atoms with Crippen LogP contribution in [0.1, 0.15) is 50.7 Å². The van der Waals surface area contributed by atoms with E-state index in [0.717, 1.165) is 43.1 Å². The Labute approximate surface area is 130 Å². The van der Waals surface area contributed by atoms with Crippen LogP contribution in [0.15, 0.2) is 5.38 Å². The number of thiazole rings is 1. The minimum Gasteiger partial charge on any atom is -0.444 e. The molecular formula is C15H25N3O2S. The van der Waals surface area contributed by atoms with Crippen molar-refractivity contribution < 1.29 is 9.53 Å². The van der Waals surface area contributed by atoms with Crippen molar-refractivity contribution >= 4 is 17.4 Å². The standard InChI is InChI=1S/C15H25N3O2S/c1-11-9-21-12(17-11)8-16-10-15(6-5-7-15)18-13(19)20-14(2,3)4/h9,16H,5-8,10H2,1-4H3,(H,18,19). The van der Waals surface area contributed by atoms with Gasteiger partial charge in [-0.15, -0.1) is 11.3 Å². The highest BCUT2D eigenvalue weighted by Crippen LogP contribution is 2.31. The molecule has 1 heterocycles. The summed E-state index contributed by atoms with van der Waals surface area (Å²) in [7, 11) is 0. The lowest BCUT2D eigenvalue weighted by atomic mass is 9.77. The van der Waals surface area contributed by atoms with Crippen molar-refractivity contribution in [3.05, 3.63) is 16.1 Å². The third kappa shape index (κ3) is 4.97. The van der Waals surface area contributed by atoms with E-state index in [4.69, 9.17) is 4.74 Å². The van der Waals surface area contributed by atoms with Crippen LogP contribution in [-0.2, 0) is 11.3 Å². The number of hydrogen-bond acceptors (Lipinski definition) is 5. The van der Waals surface area contributed by atoms with Crippen molar-refractivity contribution in [1.29, 1.82) is 0 Å². The van der Waals surface area contributed by atoms with Gasteiger partial charge in [0, 0.05) is 24.2 Å². The SMILES string of the molecule is Cc1csc(CNCC2(NC(=O)OC(C)(C)C)CCC2)n1. The molecule has 0 radical (unpaired) electrons. The molecule has 0 aromatic carbocycles. The number of rotatable bonds is 5. The zero-order chi connectivity index (χ0) is 15.5. The van der Waals surface area contributed by atoms with Gasteiger partial charge in [0.2, 0.25) is 0 Å². The Morgan fingerprint density at radius 3 is 2.67 bits per heavy atom. The summed E-state index contributed by atoms with van der Waals surface area (Å²) in [4.78, 5) is 16.4. The van der Waals surface area contributed by atoms with Gasteiger partial charge in [-0.3, -0.25) is 0 Å². The lowest BCUT2D eigenvalue weighted by Crippen LogP contribution is -2.59. The Kier molecular flexibility index (Phi) is 4.88. The van der Waals surface area contributed by atoms with Crippen LogP contribution in [0, 0.1) is 6.92 Å². The second-order valence-electron chi connectivity index (χ2n) is 6.75. The number of aryl methyl sites for hydroxylation is 1. The Morgan fingerprint density at radius 2 is 2.19 bits per heavy atom. The summed E-state index contributed by atoms with van der Waals surface area (Å²) in [6.07, 6.45) is 2.81. The van der Waals surface area contributed by atoms with E-state index < -0.39 is 5.60 Å². The van der Waals surface area contributed by atoms with E-state index in [-0.39, 0.29) is 11.6 Å². The van der Waals surface area contributed by atoms with Gasteiger partial charge in [0.1, 0.15) is 10.6 Å². The summed E-state index contributed by atoms with van der Waals surface area (Å²) < 4.78 is 5.35. The molecule has 1 aromatic heterocycles. The molecule has 1 aliphatic rings. The summed E-state index contributed by atoms with van der Waals surface area (Å²) in [5.74, 6) is 0. The number of alkyl carbamates (subject to hydrolysis) is 1. The van der Waals surface area contributed by atoms with Crippen molar-refractivity contribution in [3.63, 3.8) is 0 Å². The van der Waals surface area contributed by atoms with Crippen LogP contribution in [0.4, 0.5) is 4.79 Å². The highest BCUT2D eigenvalue weighted by Gasteiger charge is 2.39. The third-order valence-electron chi connectivity index (χ3n) is 3.48. The number of nitrogens with one attached hydrogen (secondary N) is 2. The molecular weight excluding hydrogens is 286 g/mol. The van der Waals surface area contributed by atoms with Crippen LogP contribution in [0.2, 0.25) is 0 Å². The molecule has 0 bridgehead atoms. The zero-order valence-electron chi connectivity index (χ0n) is 13.3. The third-order valence-corrected chi connectivity index (χ3v) is 4.45. The topological polar surface area (TPSA) is 63.2 Å². The van der Waals surface area contributed by atoms with Crippen LogP contribution < -0.4 is 10.6 Å². The number of nitrogens with zero attached hydrogens (tertiary/aromatic N) is 1. The molecule has 21 heavy (non-hydrogen) atoms. The van der Waals surface area contributed by atoms with Crippen molar-refractivity contribution in [3.8, 4) is 0 Å². The predicted molar refractivity (Wildman–Crippen MR) is 84.5 cm³/mol. The average molecular weight is 311 g/mol. The van der Waals surface area contributed by atoms with Crippen molar-refractivity contribution in [2.24, 2.45) is 0 Å². The maximum absolute atomic E-state index is 11.9. The number of carbonyl (C=O) groups excluding carboxylic acids is 1. The van der Waals surface area contributed by atoms with Gasteiger partial charge in [-0.2, -0.15) is 0 Å². The van der Waals surface area contributed by atoms with Gasteiger partial charge in [0.05, 0.1) is 5.54 Å². The number of ether oxygens (including phenoxy) is 1. The summed E-state index contributed by atoms with van der Waals surface area (Å²) >= 11 is 1.66. The van der Waals surface area contributed by atoms with Crippen LogP contribution in [0.5, 0.6) is 0 Å². The Bertz CT molecular complexity index is 489. The molecule has 1 fully saturated rings. The molecule has 1 saturated carbocycles. The van der Waals surface area contributed by atoms with E-state index in [0.29, 0.717) is 0 Å². The highest BCUT2D eigenvalue weighted by atomic mass is 32.1. The molecule has 0 saturated heterocycles. The molecule has 1 amide bonds. The Balaban J connectivity index is 1.80. The lowest BCUT2D eigenvalue weighted by Gasteiger charge is -2.42. The summed E-state index contributed by atoms with van der Waals surface area (Å²) in [5, 5.41) is 9.57. The molecule has 2 N–H and O–H groups in total. The number of carbonyl (C=O) groups is 1. The van der Waals surface area contributed by atoms with Gasteiger partial charge in [0.15, 0.2) is 0 Å². The smallest absolute Gasteiger partial charge is 0.408 e. The molecule has 118 valence electrons. The van der Waals surface area contributed by atoms with E-state index in [1.807, 2.05) is 27.7 Å². The minimum absolute atomic E-state index is 0.158. The highest BCUT2D eigenvalue weighted by molar-refractivity contribution is 7.09. The first-order chi connectivity index (χ1) is 9.78. The van der Waals surface area contributed by atoms with Gasteiger partial charge in [0.25, 0.3) is 0 Å². The molecule has 1 aliphatic carbocycles. The fraction of sp³-hybridized carbons (Fsp3) is 0.733. The first-order valence-corrected chi connectivity index (χ1v) is 8.29. The minimum atomic E-state index is -0.457. The normalized spacial score (nSPS) is 17.1. The molecule has 1 aromatic rings. The van der Waals surface area contributed by atoms with E-state index in [2.05, 4.69) is 21.0 Å². The van der Waals surface area contributed by atoms with E-state index >= 15 is 0 Å². The molecule has 2 rings (SSSR count). The zero-order valence-corrected chi connectivity index (χ0v) is 14.1. The van der Waals surface area contributed by atoms with Crippen molar-refractivity contribution in [2.45, 2.75) is 64.6 Å². The van der Waals surface area contributed by atoms with Crippen molar-refractivity contribution in [1.82, 2.24) is 15.6 Å². The maximum Gasteiger partial charge on any atom is 0.408 e. The van der Waals surface area contributed by atoms with Crippen LogP contribution in [-0.4, -0.2) is 28.8 Å². The summed E-state index contributed by atoms with van der Waals surface area (Å²) in [5.41, 5.74) is 0.442. The fourth-order valence-electron chi connectivity index (χ4n) is 2.36. The maximum atomic E-state index is 11.9. The van der Waals surface area contributed by atoms with E-state index in [9.17, 15) is 4.79 Å². The molecule has 0 aliphatic heterocycles. The number of amides is 1. The number of hydrogen-bond donors (Lipinski definition) is 2. The summed E-state index contributed by atoms with van der Waals surface area (Å²) in [6, 6.07) is 0. The van der Waals surface area contributed by atoms with Crippen LogP contribution in [0.25, 0.3) is 0 Å². The average Bonchev–Trinajstić information content (AvgIpc) is 2.69. The van der Waals surface area contributed by atoms with Crippen molar-refractivity contribution in [2.75, 3.05) is 6.54 Å². The summed E-state index contributed by atoms with van der Waals surface area (Å²) in [6.45, 7) is 9.13. The van der Waals surface area contributed by atoms with Gasteiger partial charge < -0.3 is 15.4 Å². The van der Waals surface area contributed by atoms with Crippen LogP contribution >= 0.6 is 11.3 Å². The first-order valence-electron chi connectivity index (χ1n) is 7.41. The molecule has 6 heteroatoms. The Hall–Kier alpha value is -1.14. The van der Waals surface area contributed by atoms with Gasteiger partial charge in [-0.25, -0.2) is 9.78 Å². The predicted octanol–water partition coefficient (Wildman–Crippen LogP) is 2.99. The largest absolute Gasteiger partial charge is 0.444 e. The molecule has 0 spiro atoms. The Morgan fingerprint density at radius 1 is 1.48 bits per heavy atom. The lowest BCUT2D eigenvalue weighted by molar-refractivity contribution is 0.0382. The van der Waals surface area contributed by atoms with Gasteiger partial charge in [-0.05, 0) is 47.0 Å². The first kappa shape index (κ1) is 16.2. The van der Waals surface area contributed by atoms with E-state index in [1.165, 1.54) is 0 Å². The van der Waals surface area contributed by atoms with Gasteiger partial charge in [-0.1, -0.05) is 0 Å². The molecule has 5 nitrogen and oxygen atoms in total.